The van der Waals surface area contributed by atoms with E-state index in [1.165, 1.54) is 5.56 Å². The number of nitrogens with zero attached hydrogens (tertiary/aromatic N) is 1. The molecule has 0 spiro atoms. The van der Waals surface area contributed by atoms with E-state index < -0.39 is 15.1 Å². The summed E-state index contributed by atoms with van der Waals surface area (Å²) in [7, 11) is -1.86. The lowest BCUT2D eigenvalue weighted by Gasteiger charge is -2.32. The number of benzene rings is 2. The molecule has 0 atom stereocenters. The van der Waals surface area contributed by atoms with Crippen molar-refractivity contribution >= 4 is 15.7 Å². The van der Waals surface area contributed by atoms with Crippen molar-refractivity contribution < 1.29 is 17.9 Å². The number of carbonyl (C=O) groups excluding carboxylic acids is 1. The highest BCUT2D eigenvalue weighted by Gasteiger charge is 2.33. The third-order valence-corrected chi connectivity index (χ3v) is 7.57. The lowest BCUT2D eigenvalue weighted by molar-refractivity contribution is 0.0725. The average molecular weight is 402 g/mol. The van der Waals surface area contributed by atoms with Crippen LogP contribution in [0.2, 0.25) is 0 Å². The van der Waals surface area contributed by atoms with Crippen LogP contribution >= 0.6 is 0 Å². The molecule has 0 radical (unpaired) electrons. The summed E-state index contributed by atoms with van der Waals surface area (Å²) in [6.45, 7) is 3.04. The molecule has 28 heavy (non-hydrogen) atoms. The topological polar surface area (TPSA) is 63.7 Å². The van der Waals surface area contributed by atoms with Crippen LogP contribution < -0.4 is 4.74 Å². The summed E-state index contributed by atoms with van der Waals surface area (Å²) in [5.74, 6) is 0.604. The Morgan fingerprint density at radius 3 is 2.18 bits per heavy atom. The van der Waals surface area contributed by atoms with Crippen LogP contribution in [0.1, 0.15) is 42.1 Å². The Kier molecular flexibility index (Phi) is 6.39. The lowest BCUT2D eigenvalue weighted by Crippen LogP contribution is -2.42. The number of rotatable bonds is 6. The van der Waals surface area contributed by atoms with Crippen LogP contribution in [0.3, 0.4) is 0 Å². The van der Waals surface area contributed by atoms with Gasteiger partial charge in [-0.05, 0) is 61.2 Å². The van der Waals surface area contributed by atoms with Crippen LogP contribution in [-0.2, 0) is 16.3 Å². The molecule has 5 nitrogen and oxygen atoms in total. The number of methoxy groups -OCH3 is 1. The maximum absolute atomic E-state index is 12.9. The fourth-order valence-corrected chi connectivity index (χ4v) is 5.34. The van der Waals surface area contributed by atoms with Crippen molar-refractivity contribution in [3.8, 4) is 5.75 Å². The zero-order chi connectivity index (χ0) is 20.1. The summed E-state index contributed by atoms with van der Waals surface area (Å²) in [5, 5.41) is -0.461. The first kappa shape index (κ1) is 20.4. The first-order valence-electron chi connectivity index (χ1n) is 9.72. The van der Waals surface area contributed by atoms with Gasteiger partial charge < -0.3 is 9.64 Å². The number of piperidine rings is 1. The van der Waals surface area contributed by atoms with E-state index in [0.717, 1.165) is 12.8 Å². The van der Waals surface area contributed by atoms with Gasteiger partial charge in [0.1, 0.15) is 5.75 Å². The van der Waals surface area contributed by atoms with Gasteiger partial charge in [-0.1, -0.05) is 25.5 Å². The number of hydrogen-bond donors (Lipinski definition) is 0. The first-order chi connectivity index (χ1) is 13.5. The van der Waals surface area contributed by atoms with Crippen LogP contribution in [0.25, 0.3) is 0 Å². The number of amides is 1. The molecule has 1 aliphatic heterocycles. The van der Waals surface area contributed by atoms with E-state index in [4.69, 9.17) is 4.74 Å². The number of ether oxygens (including phenoxy) is 1. The molecule has 0 bridgehead atoms. The summed E-state index contributed by atoms with van der Waals surface area (Å²) in [4.78, 5) is 14.8. The van der Waals surface area contributed by atoms with Crippen molar-refractivity contribution in [1.29, 1.82) is 0 Å². The Labute approximate surface area is 167 Å². The highest BCUT2D eigenvalue weighted by atomic mass is 32.2. The number of sulfone groups is 1. The molecule has 6 heteroatoms. The van der Waals surface area contributed by atoms with Gasteiger partial charge in [0.15, 0.2) is 9.84 Å². The molecule has 150 valence electrons. The SMILES string of the molecule is CCCc1ccc(C(=O)N2CCC(S(=O)(=O)c3ccc(OC)cc3)CC2)cc1. The van der Waals surface area contributed by atoms with Crippen LogP contribution in [0.4, 0.5) is 0 Å². The highest BCUT2D eigenvalue weighted by Crippen LogP contribution is 2.26. The van der Waals surface area contributed by atoms with E-state index >= 15 is 0 Å². The molecule has 0 aliphatic carbocycles. The van der Waals surface area contributed by atoms with E-state index in [1.54, 1.807) is 36.3 Å². The van der Waals surface area contributed by atoms with Gasteiger partial charge in [0.05, 0.1) is 17.3 Å². The van der Waals surface area contributed by atoms with Crippen LogP contribution in [-0.4, -0.2) is 44.7 Å². The van der Waals surface area contributed by atoms with E-state index in [-0.39, 0.29) is 5.91 Å². The summed E-state index contributed by atoms with van der Waals surface area (Å²) in [5.41, 5.74) is 1.89. The fourth-order valence-electron chi connectivity index (χ4n) is 3.61. The van der Waals surface area contributed by atoms with Gasteiger partial charge in [-0.25, -0.2) is 8.42 Å². The molecular weight excluding hydrogens is 374 g/mol. The Balaban J connectivity index is 1.63. The molecule has 0 saturated carbocycles. The molecule has 2 aromatic rings. The third kappa shape index (κ3) is 4.38. The van der Waals surface area contributed by atoms with E-state index in [2.05, 4.69) is 6.92 Å². The van der Waals surface area contributed by atoms with Crippen LogP contribution in [0.15, 0.2) is 53.4 Å². The van der Waals surface area contributed by atoms with Gasteiger partial charge in [0.2, 0.25) is 0 Å². The van der Waals surface area contributed by atoms with Crippen molar-refractivity contribution in [2.45, 2.75) is 42.8 Å². The standard InChI is InChI=1S/C22H27NO4S/c1-3-4-17-5-7-18(8-6-17)22(24)23-15-13-21(14-16-23)28(25,26)20-11-9-19(27-2)10-12-20/h5-12,21H,3-4,13-16H2,1-2H3. The minimum absolute atomic E-state index is 0.0247. The average Bonchev–Trinajstić information content (AvgIpc) is 2.74. The van der Waals surface area contributed by atoms with E-state index in [9.17, 15) is 13.2 Å². The van der Waals surface area contributed by atoms with Crippen molar-refractivity contribution in [2.24, 2.45) is 0 Å². The molecule has 0 N–H and O–H groups in total. The fraction of sp³-hybridized carbons (Fsp3) is 0.409. The van der Waals surface area contributed by atoms with Crippen molar-refractivity contribution in [3.05, 3.63) is 59.7 Å². The first-order valence-corrected chi connectivity index (χ1v) is 11.3. The number of hydrogen-bond acceptors (Lipinski definition) is 4. The van der Waals surface area contributed by atoms with Crippen molar-refractivity contribution in [2.75, 3.05) is 20.2 Å². The molecule has 0 unspecified atom stereocenters. The zero-order valence-corrected chi connectivity index (χ0v) is 17.2. The lowest BCUT2D eigenvalue weighted by atomic mass is 10.1. The molecule has 1 fully saturated rings. The molecule has 1 saturated heterocycles. The summed E-state index contributed by atoms with van der Waals surface area (Å²) in [6.07, 6.45) is 2.98. The Morgan fingerprint density at radius 2 is 1.64 bits per heavy atom. The Hall–Kier alpha value is -2.34. The number of aryl methyl sites for hydroxylation is 1. The molecule has 1 heterocycles. The third-order valence-electron chi connectivity index (χ3n) is 5.30. The van der Waals surface area contributed by atoms with Gasteiger partial charge in [0.25, 0.3) is 5.91 Å². The monoisotopic (exact) mass is 401 g/mol. The molecule has 0 aromatic heterocycles. The second-order valence-electron chi connectivity index (χ2n) is 7.16. The van der Waals surface area contributed by atoms with Crippen LogP contribution in [0.5, 0.6) is 5.75 Å². The quantitative estimate of drug-likeness (QED) is 0.740. The summed E-state index contributed by atoms with van der Waals surface area (Å²) in [6, 6.07) is 14.2. The van der Waals surface area contributed by atoms with Gasteiger partial charge in [0, 0.05) is 18.7 Å². The smallest absolute Gasteiger partial charge is 0.253 e. The molecule has 2 aromatic carbocycles. The van der Waals surface area contributed by atoms with Gasteiger partial charge in [-0.2, -0.15) is 0 Å². The van der Waals surface area contributed by atoms with Crippen molar-refractivity contribution in [1.82, 2.24) is 4.90 Å². The summed E-state index contributed by atoms with van der Waals surface area (Å²) < 4.78 is 30.9. The predicted molar refractivity (Wildman–Crippen MR) is 110 cm³/mol. The second-order valence-corrected chi connectivity index (χ2v) is 9.39. The van der Waals surface area contributed by atoms with Crippen molar-refractivity contribution in [3.63, 3.8) is 0 Å². The Morgan fingerprint density at radius 1 is 1.04 bits per heavy atom. The van der Waals surface area contributed by atoms with Gasteiger partial charge in [-0.3, -0.25) is 4.79 Å². The normalized spacial score (nSPS) is 15.4. The maximum atomic E-state index is 12.9. The predicted octanol–water partition coefficient (Wildman–Crippen LogP) is 3.73. The van der Waals surface area contributed by atoms with Gasteiger partial charge >= 0.3 is 0 Å². The van der Waals surface area contributed by atoms with Gasteiger partial charge in [-0.15, -0.1) is 0 Å². The maximum Gasteiger partial charge on any atom is 0.253 e. The zero-order valence-electron chi connectivity index (χ0n) is 16.4. The van der Waals surface area contributed by atoms with E-state index in [0.29, 0.717) is 42.1 Å². The number of likely N-dealkylation sites (tertiary alicyclic amines) is 1. The second kappa shape index (κ2) is 8.78. The Bertz CT molecular complexity index is 897. The summed E-state index contributed by atoms with van der Waals surface area (Å²) >= 11 is 0. The highest BCUT2D eigenvalue weighted by molar-refractivity contribution is 7.92. The number of carbonyl (C=O) groups is 1. The largest absolute Gasteiger partial charge is 0.497 e. The van der Waals surface area contributed by atoms with E-state index in [1.807, 2.05) is 24.3 Å². The molecule has 1 amide bonds. The van der Waals surface area contributed by atoms with Crippen LogP contribution in [0, 0.1) is 0 Å². The molecular formula is C22H27NO4S. The minimum atomic E-state index is -3.41. The molecule has 3 rings (SSSR count). The molecule has 1 aliphatic rings. The minimum Gasteiger partial charge on any atom is -0.497 e.